The SMILES string of the molecule is [N-]=[N+]=NCC(O)C(O)c1ccc2c(c1)C(=O)NC2. The number of fused-ring (bicyclic) bond motifs is 1. The Bertz CT molecular complexity index is 525. The molecule has 1 amide bonds. The monoisotopic (exact) mass is 248 g/mol. The van der Waals surface area contributed by atoms with Crippen LogP contribution in [0.5, 0.6) is 0 Å². The molecule has 1 heterocycles. The van der Waals surface area contributed by atoms with Gasteiger partial charge in [0.2, 0.25) is 0 Å². The molecule has 1 aromatic rings. The lowest BCUT2D eigenvalue weighted by atomic mass is 9.99. The summed E-state index contributed by atoms with van der Waals surface area (Å²) in [7, 11) is 0. The van der Waals surface area contributed by atoms with Crippen LogP contribution in [0.25, 0.3) is 10.4 Å². The Morgan fingerprint density at radius 2 is 2.28 bits per heavy atom. The number of hydrogen-bond donors (Lipinski definition) is 3. The third-order valence-corrected chi connectivity index (χ3v) is 2.86. The van der Waals surface area contributed by atoms with Gasteiger partial charge in [-0.05, 0) is 22.7 Å². The van der Waals surface area contributed by atoms with Gasteiger partial charge < -0.3 is 15.5 Å². The van der Waals surface area contributed by atoms with E-state index in [4.69, 9.17) is 5.53 Å². The van der Waals surface area contributed by atoms with Crippen molar-refractivity contribution in [2.75, 3.05) is 6.54 Å². The van der Waals surface area contributed by atoms with Gasteiger partial charge in [-0.1, -0.05) is 17.2 Å². The number of carbonyl (C=O) groups excluding carboxylic acids is 1. The molecule has 2 rings (SSSR count). The van der Waals surface area contributed by atoms with E-state index in [0.717, 1.165) is 5.56 Å². The van der Waals surface area contributed by atoms with Crippen LogP contribution >= 0.6 is 0 Å². The van der Waals surface area contributed by atoms with Crippen molar-refractivity contribution in [2.24, 2.45) is 5.11 Å². The van der Waals surface area contributed by atoms with Crippen molar-refractivity contribution in [1.29, 1.82) is 0 Å². The third kappa shape index (κ3) is 2.28. The molecule has 0 bridgehead atoms. The first kappa shape index (κ1) is 12.4. The summed E-state index contributed by atoms with van der Waals surface area (Å²) in [5.74, 6) is -0.191. The van der Waals surface area contributed by atoms with Gasteiger partial charge in [0.05, 0.1) is 12.6 Å². The maximum atomic E-state index is 11.5. The summed E-state index contributed by atoms with van der Waals surface area (Å²) in [6.45, 7) is 0.257. The molecule has 0 saturated heterocycles. The average molecular weight is 248 g/mol. The van der Waals surface area contributed by atoms with Crippen molar-refractivity contribution in [3.8, 4) is 0 Å². The first-order valence-electron chi connectivity index (χ1n) is 5.41. The first-order chi connectivity index (χ1) is 8.63. The quantitative estimate of drug-likeness (QED) is 0.412. The molecule has 18 heavy (non-hydrogen) atoms. The van der Waals surface area contributed by atoms with Crippen molar-refractivity contribution in [2.45, 2.75) is 18.8 Å². The number of nitrogens with one attached hydrogen (secondary N) is 1. The molecule has 0 aliphatic carbocycles. The van der Waals surface area contributed by atoms with Crippen LogP contribution in [0.15, 0.2) is 23.3 Å². The molecule has 0 saturated carbocycles. The summed E-state index contributed by atoms with van der Waals surface area (Å²) in [5.41, 5.74) is 9.93. The van der Waals surface area contributed by atoms with Crippen LogP contribution in [0.3, 0.4) is 0 Å². The molecular weight excluding hydrogens is 236 g/mol. The fraction of sp³-hybridized carbons (Fsp3) is 0.364. The smallest absolute Gasteiger partial charge is 0.251 e. The summed E-state index contributed by atoms with van der Waals surface area (Å²) < 4.78 is 0. The minimum Gasteiger partial charge on any atom is -0.390 e. The van der Waals surface area contributed by atoms with Gasteiger partial charge in [-0.2, -0.15) is 0 Å². The Morgan fingerprint density at radius 1 is 1.50 bits per heavy atom. The number of carbonyl (C=O) groups is 1. The van der Waals surface area contributed by atoms with E-state index in [2.05, 4.69) is 15.3 Å². The highest BCUT2D eigenvalue weighted by atomic mass is 16.3. The molecule has 3 N–H and O–H groups in total. The minimum absolute atomic E-state index is 0.191. The molecule has 94 valence electrons. The van der Waals surface area contributed by atoms with Crippen LogP contribution in [-0.4, -0.2) is 28.8 Å². The lowest BCUT2D eigenvalue weighted by Crippen LogP contribution is -2.21. The number of amides is 1. The summed E-state index contributed by atoms with van der Waals surface area (Å²) in [6.07, 6.45) is -2.38. The van der Waals surface area contributed by atoms with Gasteiger partial charge in [-0.3, -0.25) is 4.79 Å². The summed E-state index contributed by atoms with van der Waals surface area (Å²) in [5, 5.41) is 25.3. The molecule has 0 fully saturated rings. The highest BCUT2D eigenvalue weighted by molar-refractivity contribution is 5.98. The molecular formula is C11H12N4O3. The van der Waals surface area contributed by atoms with Crippen LogP contribution in [0.2, 0.25) is 0 Å². The number of rotatable bonds is 4. The van der Waals surface area contributed by atoms with E-state index < -0.39 is 12.2 Å². The van der Waals surface area contributed by atoms with Crippen molar-refractivity contribution in [3.63, 3.8) is 0 Å². The molecule has 1 aromatic carbocycles. The zero-order valence-corrected chi connectivity index (χ0v) is 9.45. The van der Waals surface area contributed by atoms with E-state index >= 15 is 0 Å². The standard InChI is InChI=1S/C11H12N4O3/c12-15-14-5-9(16)10(17)6-1-2-7-4-13-11(18)8(7)3-6/h1-3,9-10,16-17H,4-5H2,(H,13,18). The normalized spacial score (nSPS) is 16.4. The van der Waals surface area contributed by atoms with E-state index in [1.165, 1.54) is 0 Å². The number of aliphatic hydroxyl groups excluding tert-OH is 2. The van der Waals surface area contributed by atoms with Crippen LogP contribution in [0.1, 0.15) is 27.6 Å². The zero-order chi connectivity index (χ0) is 13.1. The molecule has 2 atom stereocenters. The molecule has 2 unspecified atom stereocenters. The van der Waals surface area contributed by atoms with Gasteiger partial charge in [-0.15, -0.1) is 0 Å². The van der Waals surface area contributed by atoms with E-state index in [1.807, 2.05) is 0 Å². The van der Waals surface area contributed by atoms with Crippen LogP contribution in [0.4, 0.5) is 0 Å². The van der Waals surface area contributed by atoms with Crippen molar-refractivity contribution in [1.82, 2.24) is 5.32 Å². The van der Waals surface area contributed by atoms with Gasteiger partial charge in [0.25, 0.3) is 5.91 Å². The molecule has 1 aliphatic heterocycles. The Labute approximate surface area is 103 Å². The zero-order valence-electron chi connectivity index (χ0n) is 9.45. The van der Waals surface area contributed by atoms with E-state index in [-0.39, 0.29) is 12.5 Å². The van der Waals surface area contributed by atoms with Crippen molar-refractivity contribution >= 4 is 5.91 Å². The second kappa shape index (κ2) is 5.05. The van der Waals surface area contributed by atoms with Crippen molar-refractivity contribution in [3.05, 3.63) is 45.3 Å². The molecule has 1 aliphatic rings. The summed E-state index contributed by atoms with van der Waals surface area (Å²) in [6, 6.07) is 4.91. The topological polar surface area (TPSA) is 118 Å². The Balaban J connectivity index is 2.21. The third-order valence-electron chi connectivity index (χ3n) is 2.86. The molecule has 7 heteroatoms. The Kier molecular flexibility index (Phi) is 3.47. The Hall–Kier alpha value is -2.08. The maximum absolute atomic E-state index is 11.5. The molecule has 0 radical (unpaired) electrons. The minimum atomic E-state index is -1.19. The van der Waals surface area contributed by atoms with Crippen LogP contribution in [-0.2, 0) is 6.54 Å². The number of benzene rings is 1. The van der Waals surface area contributed by atoms with E-state index in [9.17, 15) is 15.0 Å². The second-order valence-electron chi connectivity index (χ2n) is 4.02. The summed E-state index contributed by atoms with van der Waals surface area (Å²) >= 11 is 0. The van der Waals surface area contributed by atoms with Gasteiger partial charge in [0.1, 0.15) is 6.10 Å². The fourth-order valence-corrected chi connectivity index (χ4v) is 1.86. The molecule has 7 nitrogen and oxygen atoms in total. The predicted octanol–water partition coefficient (Wildman–Crippen LogP) is 0.635. The second-order valence-corrected chi connectivity index (χ2v) is 4.02. The average Bonchev–Trinajstić information content (AvgIpc) is 2.76. The lowest BCUT2D eigenvalue weighted by Gasteiger charge is -2.16. The van der Waals surface area contributed by atoms with Crippen LogP contribution in [0, 0.1) is 0 Å². The number of nitrogens with zero attached hydrogens (tertiary/aromatic N) is 3. The highest BCUT2D eigenvalue weighted by Gasteiger charge is 2.23. The maximum Gasteiger partial charge on any atom is 0.251 e. The summed E-state index contributed by atoms with van der Waals surface area (Å²) in [4.78, 5) is 14.0. The van der Waals surface area contributed by atoms with Crippen molar-refractivity contribution < 1.29 is 15.0 Å². The number of azide groups is 1. The number of aliphatic hydroxyl groups is 2. The van der Waals surface area contributed by atoms with Crippen LogP contribution < -0.4 is 5.32 Å². The fourth-order valence-electron chi connectivity index (χ4n) is 1.86. The van der Waals surface area contributed by atoms with Gasteiger partial charge in [-0.25, -0.2) is 0 Å². The number of hydrogen-bond acceptors (Lipinski definition) is 4. The predicted molar refractivity (Wildman–Crippen MR) is 62.6 cm³/mol. The van der Waals surface area contributed by atoms with Gasteiger partial charge >= 0.3 is 0 Å². The van der Waals surface area contributed by atoms with E-state index in [0.29, 0.717) is 17.7 Å². The van der Waals surface area contributed by atoms with Gasteiger partial charge in [0, 0.05) is 17.0 Å². The van der Waals surface area contributed by atoms with Gasteiger partial charge in [0.15, 0.2) is 0 Å². The lowest BCUT2D eigenvalue weighted by molar-refractivity contribution is 0.0244. The van der Waals surface area contributed by atoms with E-state index in [1.54, 1.807) is 18.2 Å². The molecule has 0 spiro atoms. The Morgan fingerprint density at radius 3 is 3.00 bits per heavy atom. The molecule has 0 aromatic heterocycles. The first-order valence-corrected chi connectivity index (χ1v) is 5.41. The highest BCUT2D eigenvalue weighted by Crippen LogP contribution is 2.23. The largest absolute Gasteiger partial charge is 0.390 e.